The molecule has 0 radical (unpaired) electrons. The molecule has 0 saturated carbocycles. The first kappa shape index (κ1) is 53.5. The molecule has 5 N–H and O–H groups in total. The zero-order valence-electron chi connectivity index (χ0n) is 36.4. The Bertz CT molecular complexity index is 873. The predicted molar refractivity (Wildman–Crippen MR) is 237 cm³/mol. The van der Waals surface area contributed by atoms with Crippen molar-refractivity contribution in [3.05, 3.63) is 36.5 Å². The molecule has 0 fully saturated rings. The van der Waals surface area contributed by atoms with Gasteiger partial charge in [-0.2, -0.15) is 0 Å². The Kier molecular flexibility index (Phi) is 42.5. The molecule has 0 aromatic carbocycles. The molecule has 0 aliphatic carbocycles. The second kappa shape index (κ2) is 43.6. The molecule has 6 nitrogen and oxygen atoms in total. The third-order valence-electron chi connectivity index (χ3n) is 11.1. The minimum atomic E-state index is -1.29. The molecule has 0 bridgehead atoms. The lowest BCUT2D eigenvalue weighted by atomic mass is 10.00. The SMILES string of the molecule is CCCCC/C=C/CC/C=C/CC/C=C/CCCC(O)C(O)C(CO)NC(=O)C(O)CCCCCCCCCCCCCCCCCCCCCCCCC. The summed E-state index contributed by atoms with van der Waals surface area (Å²) in [4.78, 5) is 12.5. The number of hydrogen-bond donors (Lipinski definition) is 5. The van der Waals surface area contributed by atoms with E-state index in [2.05, 4.69) is 55.6 Å². The third kappa shape index (κ3) is 37.8. The number of amides is 1. The Hall–Kier alpha value is -1.47. The van der Waals surface area contributed by atoms with Gasteiger partial charge in [0, 0.05) is 0 Å². The van der Waals surface area contributed by atoms with Crippen molar-refractivity contribution in [2.24, 2.45) is 0 Å². The van der Waals surface area contributed by atoms with Gasteiger partial charge in [0.25, 0.3) is 0 Å². The van der Waals surface area contributed by atoms with Gasteiger partial charge in [-0.15, -0.1) is 0 Å². The number of unbranched alkanes of at least 4 members (excludes halogenated alkanes) is 28. The van der Waals surface area contributed by atoms with Crippen LogP contribution >= 0.6 is 0 Å². The van der Waals surface area contributed by atoms with Gasteiger partial charge >= 0.3 is 0 Å². The van der Waals surface area contributed by atoms with Gasteiger partial charge < -0.3 is 25.7 Å². The molecule has 0 aromatic heterocycles. The van der Waals surface area contributed by atoms with Crippen LogP contribution < -0.4 is 5.32 Å². The van der Waals surface area contributed by atoms with Gasteiger partial charge in [0.1, 0.15) is 12.2 Å². The van der Waals surface area contributed by atoms with Gasteiger partial charge in [-0.3, -0.25) is 4.79 Å². The molecular weight excluding hydrogens is 683 g/mol. The normalized spacial score (nSPS) is 14.4. The van der Waals surface area contributed by atoms with Gasteiger partial charge in [0.2, 0.25) is 5.91 Å². The number of hydrogen-bond acceptors (Lipinski definition) is 5. The van der Waals surface area contributed by atoms with E-state index in [1.807, 2.05) is 0 Å². The maximum atomic E-state index is 12.5. The smallest absolute Gasteiger partial charge is 0.249 e. The summed E-state index contributed by atoms with van der Waals surface area (Å²) in [5.41, 5.74) is 0. The Morgan fingerprint density at radius 3 is 1.15 bits per heavy atom. The molecule has 4 unspecified atom stereocenters. The van der Waals surface area contributed by atoms with Crippen LogP contribution in [0.25, 0.3) is 0 Å². The molecule has 324 valence electrons. The molecule has 4 atom stereocenters. The number of nitrogens with one attached hydrogen (secondary N) is 1. The van der Waals surface area contributed by atoms with Crippen molar-refractivity contribution >= 4 is 5.91 Å². The van der Waals surface area contributed by atoms with Crippen molar-refractivity contribution in [1.82, 2.24) is 5.32 Å². The fourth-order valence-electron chi connectivity index (χ4n) is 7.26. The number of rotatable bonds is 43. The van der Waals surface area contributed by atoms with Crippen molar-refractivity contribution in [3.63, 3.8) is 0 Å². The predicted octanol–water partition coefficient (Wildman–Crippen LogP) is 12.9. The molecule has 0 aliphatic rings. The molecule has 0 aromatic rings. The van der Waals surface area contributed by atoms with Crippen LogP contribution in [-0.4, -0.2) is 57.3 Å². The quantitative estimate of drug-likeness (QED) is 0.0313. The van der Waals surface area contributed by atoms with E-state index in [1.165, 1.54) is 154 Å². The Labute approximate surface area is 341 Å². The summed E-state index contributed by atoms with van der Waals surface area (Å²) in [6.45, 7) is 4.02. The summed E-state index contributed by atoms with van der Waals surface area (Å²) in [5.74, 6) is -0.597. The van der Waals surface area contributed by atoms with Crippen LogP contribution in [0.2, 0.25) is 0 Å². The molecule has 0 heterocycles. The van der Waals surface area contributed by atoms with Crippen molar-refractivity contribution in [2.45, 2.75) is 263 Å². The average Bonchev–Trinajstić information content (AvgIpc) is 3.19. The van der Waals surface area contributed by atoms with E-state index in [4.69, 9.17) is 0 Å². The summed E-state index contributed by atoms with van der Waals surface area (Å²) in [7, 11) is 0. The Morgan fingerprint density at radius 2 is 0.764 bits per heavy atom. The number of carbonyl (C=O) groups is 1. The van der Waals surface area contributed by atoms with Crippen LogP contribution in [0.5, 0.6) is 0 Å². The van der Waals surface area contributed by atoms with E-state index in [0.29, 0.717) is 19.3 Å². The summed E-state index contributed by atoms with van der Waals surface area (Å²) < 4.78 is 0. The lowest BCUT2D eigenvalue weighted by Crippen LogP contribution is -2.53. The average molecular weight is 776 g/mol. The summed E-state index contributed by atoms with van der Waals surface area (Å²) in [5, 5.41) is 43.7. The Morgan fingerprint density at radius 1 is 0.436 bits per heavy atom. The fourth-order valence-corrected chi connectivity index (χ4v) is 7.26. The largest absolute Gasteiger partial charge is 0.394 e. The highest BCUT2D eigenvalue weighted by molar-refractivity contribution is 5.80. The van der Waals surface area contributed by atoms with E-state index in [1.54, 1.807) is 0 Å². The van der Waals surface area contributed by atoms with Gasteiger partial charge in [-0.25, -0.2) is 0 Å². The highest BCUT2D eigenvalue weighted by Crippen LogP contribution is 2.16. The molecule has 1 amide bonds. The lowest BCUT2D eigenvalue weighted by Gasteiger charge is -2.27. The van der Waals surface area contributed by atoms with Crippen LogP contribution in [-0.2, 0) is 4.79 Å². The highest BCUT2D eigenvalue weighted by Gasteiger charge is 2.28. The van der Waals surface area contributed by atoms with Crippen LogP contribution in [0.1, 0.15) is 239 Å². The van der Waals surface area contributed by atoms with Gasteiger partial charge in [0.15, 0.2) is 0 Å². The molecule has 0 saturated heterocycles. The Balaban J connectivity index is 3.72. The van der Waals surface area contributed by atoms with E-state index in [9.17, 15) is 25.2 Å². The molecular formula is C49H93NO5. The minimum Gasteiger partial charge on any atom is -0.394 e. The summed E-state index contributed by atoms with van der Waals surface area (Å²) >= 11 is 0. The minimum absolute atomic E-state index is 0.362. The third-order valence-corrected chi connectivity index (χ3v) is 11.1. The second-order valence-electron chi connectivity index (χ2n) is 16.4. The van der Waals surface area contributed by atoms with Crippen LogP contribution in [0.15, 0.2) is 36.5 Å². The maximum absolute atomic E-state index is 12.5. The monoisotopic (exact) mass is 776 g/mol. The lowest BCUT2D eigenvalue weighted by molar-refractivity contribution is -0.132. The van der Waals surface area contributed by atoms with Crippen LogP contribution in [0.3, 0.4) is 0 Å². The van der Waals surface area contributed by atoms with Gasteiger partial charge in [0.05, 0.1) is 18.8 Å². The first-order valence-electron chi connectivity index (χ1n) is 23.9. The zero-order valence-corrected chi connectivity index (χ0v) is 36.4. The van der Waals surface area contributed by atoms with E-state index < -0.39 is 36.9 Å². The molecule has 0 aliphatic heterocycles. The zero-order chi connectivity index (χ0) is 40.3. The van der Waals surface area contributed by atoms with E-state index in [0.717, 1.165) is 51.4 Å². The number of aliphatic hydroxyl groups excluding tert-OH is 4. The fraction of sp³-hybridized carbons (Fsp3) is 0.857. The number of allylic oxidation sites excluding steroid dienone is 6. The van der Waals surface area contributed by atoms with Crippen LogP contribution in [0.4, 0.5) is 0 Å². The number of aliphatic hydroxyl groups is 4. The first-order chi connectivity index (χ1) is 27.0. The van der Waals surface area contributed by atoms with Crippen molar-refractivity contribution in [3.8, 4) is 0 Å². The molecule has 55 heavy (non-hydrogen) atoms. The maximum Gasteiger partial charge on any atom is 0.249 e. The molecule has 0 spiro atoms. The van der Waals surface area contributed by atoms with Crippen LogP contribution in [0, 0.1) is 0 Å². The van der Waals surface area contributed by atoms with Gasteiger partial charge in [-0.05, 0) is 64.2 Å². The van der Waals surface area contributed by atoms with E-state index in [-0.39, 0.29) is 0 Å². The highest BCUT2D eigenvalue weighted by atomic mass is 16.3. The summed E-state index contributed by atoms with van der Waals surface area (Å²) in [6, 6.07) is -1.01. The van der Waals surface area contributed by atoms with E-state index >= 15 is 0 Å². The first-order valence-corrected chi connectivity index (χ1v) is 23.9. The van der Waals surface area contributed by atoms with Crippen molar-refractivity contribution < 1.29 is 25.2 Å². The summed E-state index contributed by atoms with van der Waals surface area (Å²) in [6.07, 6.45) is 51.8. The topological polar surface area (TPSA) is 110 Å². The van der Waals surface area contributed by atoms with Crippen molar-refractivity contribution in [2.75, 3.05) is 6.61 Å². The number of carbonyl (C=O) groups excluding carboxylic acids is 1. The van der Waals surface area contributed by atoms with Gasteiger partial charge in [-0.1, -0.05) is 211 Å². The molecule has 6 heteroatoms. The standard InChI is InChI=1S/C49H93NO5/c1-3-5-7-9-11-13-15-17-19-21-22-23-24-25-26-27-29-31-33-35-37-39-41-43-47(53)49(55)50-45(44-51)48(54)46(52)42-40-38-36-34-32-30-28-20-18-16-14-12-10-8-6-4-2/h12,14,20,28,34,36,45-48,51-54H,3-11,13,15-19,21-27,29-33,35,37-44H2,1-2H3,(H,50,55)/b14-12+,28-20+,36-34+. The second-order valence-corrected chi connectivity index (χ2v) is 16.4. The molecule has 0 rings (SSSR count). The van der Waals surface area contributed by atoms with Crippen molar-refractivity contribution in [1.29, 1.82) is 0 Å².